The fourth-order valence-electron chi connectivity index (χ4n) is 3.37. The predicted octanol–water partition coefficient (Wildman–Crippen LogP) is 3.97. The van der Waals surface area contributed by atoms with Gasteiger partial charge >= 0.3 is 0 Å². The van der Waals surface area contributed by atoms with Crippen molar-refractivity contribution in [2.45, 2.75) is 52.1 Å². The van der Waals surface area contributed by atoms with Gasteiger partial charge in [0.15, 0.2) is 0 Å². The topological polar surface area (TPSA) is 67.9 Å². The molecule has 0 radical (unpaired) electrons. The first kappa shape index (κ1) is 24.3. The lowest BCUT2D eigenvalue weighted by Gasteiger charge is -2.31. The Balaban J connectivity index is 2.22. The van der Waals surface area contributed by atoms with Crippen LogP contribution in [0.4, 0.5) is 0 Å². The number of ether oxygens (including phenoxy) is 2. The number of methoxy groups -OCH3 is 2. The third-order valence-corrected chi connectivity index (χ3v) is 5.24. The molecule has 1 atom stereocenters. The lowest BCUT2D eigenvalue weighted by molar-refractivity contribution is -0.140. The monoisotopic (exact) mass is 426 g/mol. The van der Waals surface area contributed by atoms with Gasteiger partial charge in [-0.1, -0.05) is 44.5 Å². The molecule has 0 aliphatic carbocycles. The van der Waals surface area contributed by atoms with Gasteiger partial charge in [-0.15, -0.1) is 0 Å². The van der Waals surface area contributed by atoms with E-state index < -0.39 is 6.04 Å². The number of unbranched alkanes of at least 4 members (excludes halogenated alkanes) is 1. The molecule has 168 valence electrons. The van der Waals surface area contributed by atoms with E-state index in [1.54, 1.807) is 19.1 Å². The van der Waals surface area contributed by atoms with E-state index in [9.17, 15) is 9.59 Å². The van der Waals surface area contributed by atoms with Gasteiger partial charge in [-0.05, 0) is 48.2 Å². The van der Waals surface area contributed by atoms with E-state index in [1.165, 1.54) is 0 Å². The van der Waals surface area contributed by atoms with Gasteiger partial charge in [-0.3, -0.25) is 9.59 Å². The van der Waals surface area contributed by atoms with Crippen LogP contribution in [0, 0.1) is 0 Å². The van der Waals surface area contributed by atoms with Crippen LogP contribution in [0.25, 0.3) is 0 Å². The van der Waals surface area contributed by atoms with Gasteiger partial charge in [0.2, 0.25) is 11.8 Å². The van der Waals surface area contributed by atoms with Crippen molar-refractivity contribution < 1.29 is 19.1 Å². The Morgan fingerprint density at radius 1 is 0.903 bits per heavy atom. The van der Waals surface area contributed by atoms with E-state index >= 15 is 0 Å². The van der Waals surface area contributed by atoms with Crippen LogP contribution in [-0.4, -0.2) is 43.5 Å². The lowest BCUT2D eigenvalue weighted by atomic mass is 10.1. The Labute approximate surface area is 185 Å². The number of carbonyl (C=O) groups excluding carboxylic acids is 2. The third-order valence-electron chi connectivity index (χ3n) is 5.24. The van der Waals surface area contributed by atoms with Crippen LogP contribution in [0.15, 0.2) is 48.5 Å². The van der Waals surface area contributed by atoms with E-state index in [1.807, 2.05) is 55.5 Å². The molecule has 31 heavy (non-hydrogen) atoms. The average Bonchev–Trinajstić information content (AvgIpc) is 2.80. The summed E-state index contributed by atoms with van der Waals surface area (Å²) in [7, 11) is 3.23. The van der Waals surface area contributed by atoms with Crippen LogP contribution in [-0.2, 0) is 22.6 Å². The van der Waals surface area contributed by atoms with Gasteiger partial charge in [-0.2, -0.15) is 0 Å². The van der Waals surface area contributed by atoms with Crippen LogP contribution >= 0.6 is 0 Å². The van der Waals surface area contributed by atoms with Crippen molar-refractivity contribution in [3.8, 4) is 11.5 Å². The summed E-state index contributed by atoms with van der Waals surface area (Å²) in [5.74, 6) is 1.31. The molecule has 0 aliphatic rings. The Bertz CT molecular complexity index is 818. The zero-order valence-electron chi connectivity index (χ0n) is 19.0. The summed E-state index contributed by atoms with van der Waals surface area (Å²) in [6.45, 7) is 5.00. The molecule has 2 aromatic carbocycles. The van der Waals surface area contributed by atoms with E-state index in [2.05, 4.69) is 12.2 Å². The highest BCUT2D eigenvalue weighted by atomic mass is 16.5. The molecule has 0 spiro atoms. The normalized spacial score (nSPS) is 11.5. The maximum Gasteiger partial charge on any atom is 0.242 e. The van der Waals surface area contributed by atoms with Crippen LogP contribution in [0.5, 0.6) is 11.5 Å². The molecular formula is C25H34N2O4. The summed E-state index contributed by atoms with van der Waals surface area (Å²) in [5, 5.41) is 2.98. The molecule has 0 heterocycles. The highest BCUT2D eigenvalue weighted by Crippen LogP contribution is 2.18. The van der Waals surface area contributed by atoms with Crippen molar-refractivity contribution in [2.75, 3.05) is 20.8 Å². The van der Waals surface area contributed by atoms with Crippen LogP contribution in [0.2, 0.25) is 0 Å². The molecule has 0 bridgehead atoms. The van der Waals surface area contributed by atoms with Crippen molar-refractivity contribution in [1.29, 1.82) is 0 Å². The van der Waals surface area contributed by atoms with Crippen LogP contribution in [0.1, 0.15) is 44.2 Å². The summed E-state index contributed by atoms with van der Waals surface area (Å²) in [6.07, 6.45) is 2.69. The minimum atomic E-state index is -0.523. The van der Waals surface area contributed by atoms with Gasteiger partial charge in [0.1, 0.15) is 17.5 Å². The fraction of sp³-hybridized carbons (Fsp3) is 0.440. The Kier molecular flexibility index (Phi) is 9.88. The minimum absolute atomic E-state index is 0.0847. The Morgan fingerprint density at radius 3 is 1.94 bits per heavy atom. The number of amides is 2. The third kappa shape index (κ3) is 7.31. The molecule has 2 rings (SSSR count). The zero-order valence-corrected chi connectivity index (χ0v) is 19.0. The summed E-state index contributed by atoms with van der Waals surface area (Å²) >= 11 is 0. The van der Waals surface area contributed by atoms with Gasteiger partial charge in [0.05, 0.1) is 20.6 Å². The van der Waals surface area contributed by atoms with Crippen molar-refractivity contribution in [3.05, 3.63) is 59.7 Å². The summed E-state index contributed by atoms with van der Waals surface area (Å²) in [4.78, 5) is 27.9. The molecule has 0 aliphatic heterocycles. The summed E-state index contributed by atoms with van der Waals surface area (Å²) < 4.78 is 10.4. The van der Waals surface area contributed by atoms with Gasteiger partial charge < -0.3 is 19.7 Å². The zero-order chi connectivity index (χ0) is 22.6. The molecule has 6 nitrogen and oxygen atoms in total. The highest BCUT2D eigenvalue weighted by molar-refractivity contribution is 5.88. The second-order valence-electron chi connectivity index (χ2n) is 7.46. The number of nitrogens with zero attached hydrogens (tertiary/aromatic N) is 1. The standard InChI is InChI=1S/C25H34N2O4/c1-5-7-16-26-25(29)23(6-2)27(18-20-10-14-22(31-4)15-11-20)24(28)17-19-8-12-21(30-3)13-9-19/h8-15,23H,5-7,16-18H2,1-4H3,(H,26,29)/t23-/m0/s1. The second-order valence-corrected chi connectivity index (χ2v) is 7.46. The first-order valence-corrected chi connectivity index (χ1v) is 10.8. The first-order chi connectivity index (χ1) is 15.0. The van der Waals surface area contributed by atoms with E-state index in [-0.39, 0.29) is 18.2 Å². The lowest BCUT2D eigenvalue weighted by Crippen LogP contribution is -2.49. The van der Waals surface area contributed by atoms with E-state index in [4.69, 9.17) is 9.47 Å². The van der Waals surface area contributed by atoms with Crippen molar-refractivity contribution in [1.82, 2.24) is 10.2 Å². The number of rotatable bonds is 12. The van der Waals surface area contributed by atoms with Gasteiger partial charge in [-0.25, -0.2) is 0 Å². The van der Waals surface area contributed by atoms with E-state index in [0.29, 0.717) is 19.5 Å². The van der Waals surface area contributed by atoms with Gasteiger partial charge in [0, 0.05) is 13.1 Å². The Hall–Kier alpha value is -3.02. The molecule has 2 aromatic rings. The molecule has 6 heteroatoms. The molecule has 0 saturated carbocycles. The number of benzene rings is 2. The smallest absolute Gasteiger partial charge is 0.242 e. The Morgan fingerprint density at radius 2 is 1.45 bits per heavy atom. The first-order valence-electron chi connectivity index (χ1n) is 10.8. The number of nitrogens with one attached hydrogen (secondary N) is 1. The number of hydrogen-bond donors (Lipinski definition) is 1. The van der Waals surface area contributed by atoms with Crippen molar-refractivity contribution in [2.24, 2.45) is 0 Å². The molecular weight excluding hydrogens is 392 g/mol. The molecule has 0 unspecified atom stereocenters. The van der Waals surface area contributed by atoms with Crippen molar-refractivity contribution >= 4 is 11.8 Å². The fourth-order valence-corrected chi connectivity index (χ4v) is 3.37. The maximum atomic E-state index is 13.3. The quantitative estimate of drug-likeness (QED) is 0.522. The molecule has 0 saturated heterocycles. The molecule has 0 fully saturated rings. The van der Waals surface area contributed by atoms with E-state index in [0.717, 1.165) is 35.5 Å². The predicted molar refractivity (Wildman–Crippen MR) is 122 cm³/mol. The highest BCUT2D eigenvalue weighted by Gasteiger charge is 2.28. The summed E-state index contributed by atoms with van der Waals surface area (Å²) in [6, 6.07) is 14.5. The minimum Gasteiger partial charge on any atom is -0.497 e. The van der Waals surface area contributed by atoms with Gasteiger partial charge in [0.25, 0.3) is 0 Å². The SMILES string of the molecule is CCCCNC(=O)[C@H](CC)N(Cc1ccc(OC)cc1)C(=O)Cc1ccc(OC)cc1. The van der Waals surface area contributed by atoms with Crippen molar-refractivity contribution in [3.63, 3.8) is 0 Å². The second kappa shape index (κ2) is 12.6. The summed E-state index contributed by atoms with van der Waals surface area (Å²) in [5.41, 5.74) is 1.83. The van der Waals surface area contributed by atoms with Crippen LogP contribution in [0.3, 0.4) is 0 Å². The largest absolute Gasteiger partial charge is 0.497 e. The van der Waals surface area contributed by atoms with Crippen LogP contribution < -0.4 is 14.8 Å². The number of hydrogen-bond acceptors (Lipinski definition) is 4. The molecule has 2 amide bonds. The average molecular weight is 427 g/mol. The molecule has 0 aromatic heterocycles. The molecule has 1 N–H and O–H groups in total. The maximum absolute atomic E-state index is 13.3. The number of carbonyl (C=O) groups is 2.